The third kappa shape index (κ3) is 4.61. The van der Waals surface area contributed by atoms with E-state index in [-0.39, 0.29) is 41.5 Å². The van der Waals surface area contributed by atoms with Gasteiger partial charge in [-0.05, 0) is 18.1 Å². The Labute approximate surface area is 191 Å². The highest BCUT2D eigenvalue weighted by atomic mass is 32.1. The molecular weight excluding hydrogens is 453 g/mol. The van der Waals surface area contributed by atoms with Crippen molar-refractivity contribution in [1.82, 2.24) is 20.5 Å². The number of anilines is 1. The van der Waals surface area contributed by atoms with Crippen LogP contribution in [-0.2, 0) is 11.2 Å². The van der Waals surface area contributed by atoms with E-state index < -0.39 is 42.8 Å². The second-order valence-electron chi connectivity index (χ2n) is 7.62. The van der Waals surface area contributed by atoms with Crippen LogP contribution in [-0.4, -0.2) is 64.0 Å². The molecule has 1 aromatic heterocycles. The van der Waals surface area contributed by atoms with E-state index in [1.54, 1.807) is 12.1 Å². The number of ketones is 1. The number of rotatable bonds is 6. The van der Waals surface area contributed by atoms with E-state index >= 15 is 0 Å². The zero-order valence-electron chi connectivity index (χ0n) is 17.2. The van der Waals surface area contributed by atoms with Crippen LogP contribution in [0.25, 0.3) is 0 Å². The average molecular weight is 473 g/mol. The number of para-hydroxylation sites is 1. The summed E-state index contributed by atoms with van der Waals surface area (Å²) in [5.41, 5.74) is 6.37. The number of nitrogens with one attached hydrogen (secondary N) is 2. The average Bonchev–Trinajstić information content (AvgIpc) is 3.39. The number of carboxylic acids is 1. The lowest BCUT2D eigenvalue weighted by Gasteiger charge is -2.29. The van der Waals surface area contributed by atoms with Gasteiger partial charge in [0.15, 0.2) is 10.9 Å². The molecule has 0 aliphatic carbocycles. The number of imide groups is 1. The van der Waals surface area contributed by atoms with Gasteiger partial charge in [0.1, 0.15) is 11.8 Å². The monoisotopic (exact) mass is 473 g/mol. The molecular formula is C19H20BN5O7S. The van der Waals surface area contributed by atoms with Gasteiger partial charge in [-0.3, -0.25) is 4.79 Å². The fraction of sp³-hybridized carbons (Fsp3) is 0.316. The predicted molar refractivity (Wildman–Crippen MR) is 117 cm³/mol. The third-order valence-corrected chi connectivity index (χ3v) is 6.13. The third-order valence-electron chi connectivity index (χ3n) is 5.44. The molecule has 1 saturated heterocycles. The molecule has 1 aromatic carbocycles. The molecule has 4 rings (SSSR count). The van der Waals surface area contributed by atoms with Crippen molar-refractivity contribution in [3.8, 4) is 5.75 Å². The number of thiazole rings is 1. The van der Waals surface area contributed by atoms with E-state index in [9.17, 15) is 29.3 Å². The molecule has 6 N–H and O–H groups in total. The number of carbonyl (C=O) groups excluding carboxylic acids is 3. The van der Waals surface area contributed by atoms with Crippen molar-refractivity contribution < 1.29 is 34.0 Å². The molecule has 2 atom stereocenters. The molecule has 0 saturated carbocycles. The van der Waals surface area contributed by atoms with Gasteiger partial charge in [0, 0.05) is 30.7 Å². The van der Waals surface area contributed by atoms with Crippen molar-refractivity contribution in [2.24, 2.45) is 0 Å². The van der Waals surface area contributed by atoms with E-state index in [0.717, 1.165) is 16.2 Å². The largest absolute Gasteiger partial charge is 0.535 e. The zero-order chi connectivity index (χ0) is 23.7. The first-order valence-electron chi connectivity index (χ1n) is 10.0. The number of fused-ring (bicyclic) bond motifs is 1. The number of carbonyl (C=O) groups is 4. The number of Topliss-reactive ketones (excluding diaryl/α,β-unsaturated/α-hetero) is 1. The van der Waals surface area contributed by atoms with Crippen molar-refractivity contribution in [3.05, 3.63) is 40.4 Å². The van der Waals surface area contributed by atoms with Crippen molar-refractivity contribution in [2.45, 2.75) is 24.7 Å². The summed E-state index contributed by atoms with van der Waals surface area (Å²) in [6, 6.07) is 2.07. The van der Waals surface area contributed by atoms with Crippen LogP contribution >= 0.6 is 11.3 Å². The highest BCUT2D eigenvalue weighted by Gasteiger charge is 2.40. The van der Waals surface area contributed by atoms with Gasteiger partial charge < -0.3 is 31.2 Å². The van der Waals surface area contributed by atoms with Gasteiger partial charge in [-0.25, -0.2) is 24.3 Å². The molecule has 12 nitrogen and oxygen atoms in total. The Morgan fingerprint density at radius 2 is 2.21 bits per heavy atom. The van der Waals surface area contributed by atoms with Gasteiger partial charge in [-0.15, -0.1) is 11.3 Å². The highest BCUT2D eigenvalue weighted by Crippen LogP contribution is 2.37. The van der Waals surface area contributed by atoms with Crippen molar-refractivity contribution in [3.63, 3.8) is 0 Å². The second kappa shape index (κ2) is 9.07. The van der Waals surface area contributed by atoms with Crippen molar-refractivity contribution >= 4 is 47.4 Å². The van der Waals surface area contributed by atoms with Gasteiger partial charge in [0.2, 0.25) is 0 Å². The number of aromatic carboxylic acids is 1. The van der Waals surface area contributed by atoms with Crippen LogP contribution in [0, 0.1) is 0 Å². The highest BCUT2D eigenvalue weighted by molar-refractivity contribution is 7.13. The predicted octanol–water partition coefficient (Wildman–Crippen LogP) is 0.644. The number of urea groups is 2. The normalized spacial score (nSPS) is 18.2. The number of aromatic nitrogens is 1. The van der Waals surface area contributed by atoms with E-state index in [2.05, 4.69) is 15.6 Å². The number of hydrogen-bond donors (Lipinski definition) is 5. The summed E-state index contributed by atoms with van der Waals surface area (Å²) < 4.78 is 5.44. The molecule has 3 heterocycles. The van der Waals surface area contributed by atoms with E-state index in [4.69, 9.17) is 10.4 Å². The summed E-state index contributed by atoms with van der Waals surface area (Å²) >= 11 is 1.09. The smallest absolute Gasteiger partial charge is 0.526 e. The molecule has 1 fully saturated rings. The van der Waals surface area contributed by atoms with E-state index in [1.807, 2.05) is 0 Å². The van der Waals surface area contributed by atoms with Crippen molar-refractivity contribution in [2.75, 3.05) is 18.8 Å². The molecule has 0 bridgehead atoms. The molecule has 2 aliphatic rings. The Balaban J connectivity index is 1.53. The Kier molecular flexibility index (Phi) is 6.20. The number of nitrogens with zero attached hydrogens (tertiary/aromatic N) is 2. The van der Waals surface area contributed by atoms with Crippen LogP contribution in [0.15, 0.2) is 23.6 Å². The number of hydrogen-bond acceptors (Lipinski definition) is 9. The van der Waals surface area contributed by atoms with Crippen LogP contribution in [0.4, 0.5) is 14.7 Å². The number of amides is 4. The van der Waals surface area contributed by atoms with Gasteiger partial charge >= 0.3 is 25.1 Å². The van der Waals surface area contributed by atoms with Crippen molar-refractivity contribution in [1.29, 1.82) is 0 Å². The molecule has 1 unspecified atom stereocenters. The van der Waals surface area contributed by atoms with Crippen LogP contribution < -0.4 is 21.0 Å². The molecule has 0 spiro atoms. The minimum Gasteiger partial charge on any atom is -0.535 e. The maximum absolute atomic E-state index is 13.2. The zero-order valence-corrected chi connectivity index (χ0v) is 18.0. The molecule has 172 valence electrons. The van der Waals surface area contributed by atoms with Gasteiger partial charge in [-0.1, -0.05) is 12.1 Å². The lowest BCUT2D eigenvalue weighted by Crippen LogP contribution is -2.46. The molecule has 0 radical (unpaired) electrons. The molecule has 2 aromatic rings. The first kappa shape index (κ1) is 22.5. The quantitative estimate of drug-likeness (QED) is 0.376. The summed E-state index contributed by atoms with van der Waals surface area (Å²) in [5, 5.41) is 26.6. The fourth-order valence-corrected chi connectivity index (χ4v) is 4.41. The summed E-state index contributed by atoms with van der Waals surface area (Å²) in [5.74, 6) is -2.29. The molecule has 33 heavy (non-hydrogen) atoms. The van der Waals surface area contributed by atoms with E-state index in [0.29, 0.717) is 12.1 Å². The summed E-state index contributed by atoms with van der Waals surface area (Å²) in [6.07, 6.45) is -0.00968. The number of nitrogens with two attached hydrogens (primary N) is 1. The van der Waals surface area contributed by atoms with Crippen LogP contribution in [0.1, 0.15) is 34.1 Å². The number of nitrogen functional groups attached to an aromatic ring is 1. The fourth-order valence-electron chi connectivity index (χ4n) is 3.82. The van der Waals surface area contributed by atoms with Gasteiger partial charge in [-0.2, -0.15) is 0 Å². The molecule has 4 amide bonds. The standard InChI is InChI=1S/C19H20BN5O7S/c21-17-23-12(8-33-17)14(24-19(30)25-5-4-22-18(25)29)13(26)7-10-6-9-2-1-3-11(16(27)28)15(9)32-20(10)31/h1-3,8,10,14,31H,4-7H2,(H2,21,23)(H,22,29)(H,24,30)(H,27,28)/t10-,14?/m1/s1. The lowest BCUT2D eigenvalue weighted by atomic mass is 9.64. The Morgan fingerprint density at radius 3 is 2.85 bits per heavy atom. The lowest BCUT2D eigenvalue weighted by molar-refractivity contribution is -0.121. The summed E-state index contributed by atoms with van der Waals surface area (Å²) in [7, 11) is -1.43. The topological polar surface area (TPSA) is 184 Å². The van der Waals surface area contributed by atoms with Crippen LogP contribution in [0.2, 0.25) is 5.82 Å². The van der Waals surface area contributed by atoms with Gasteiger partial charge in [0.05, 0.1) is 11.3 Å². The first-order valence-corrected chi connectivity index (χ1v) is 10.9. The maximum Gasteiger partial charge on any atom is 0.526 e. The Morgan fingerprint density at radius 1 is 1.42 bits per heavy atom. The summed E-state index contributed by atoms with van der Waals surface area (Å²) in [4.78, 5) is 54.1. The number of benzene rings is 1. The second-order valence-corrected chi connectivity index (χ2v) is 8.51. The molecule has 14 heteroatoms. The Bertz CT molecular complexity index is 1130. The Hall–Kier alpha value is -3.65. The first-order chi connectivity index (χ1) is 15.7. The van der Waals surface area contributed by atoms with Crippen LogP contribution in [0.5, 0.6) is 5.75 Å². The van der Waals surface area contributed by atoms with E-state index in [1.165, 1.54) is 11.4 Å². The maximum atomic E-state index is 13.2. The number of carboxylic acid groups (broad SMARTS) is 1. The summed E-state index contributed by atoms with van der Waals surface area (Å²) in [6.45, 7) is 0.459. The minimum absolute atomic E-state index is 0.0679. The molecule has 2 aliphatic heterocycles. The van der Waals surface area contributed by atoms with Gasteiger partial charge in [0.25, 0.3) is 0 Å². The minimum atomic E-state index is -1.43. The van der Waals surface area contributed by atoms with Crippen LogP contribution in [0.3, 0.4) is 0 Å². The SMILES string of the molecule is Nc1nc(C(NC(=O)N2CCNC2=O)C(=O)C[C@H]2Cc3cccc(C(=O)O)c3OB2O)cs1.